The van der Waals surface area contributed by atoms with E-state index in [0.717, 1.165) is 22.3 Å². The van der Waals surface area contributed by atoms with Gasteiger partial charge in [-0.05, 0) is 96.5 Å². The summed E-state index contributed by atoms with van der Waals surface area (Å²) < 4.78 is 59.1. The molecule has 65 heavy (non-hydrogen) atoms. The van der Waals surface area contributed by atoms with E-state index in [9.17, 15) is 46.3 Å². The summed E-state index contributed by atoms with van der Waals surface area (Å²) in [4.78, 5) is 83.5. The second-order valence-electron chi connectivity index (χ2n) is 16.2. The fourth-order valence-corrected chi connectivity index (χ4v) is 7.93. The van der Waals surface area contributed by atoms with Crippen molar-refractivity contribution in [2.45, 2.75) is 25.7 Å². The first kappa shape index (κ1) is 47.8. The van der Waals surface area contributed by atoms with Crippen molar-refractivity contribution in [3.63, 3.8) is 0 Å². The SMILES string of the molecule is O=C(NCCc1ccc(F)cc1)C1CN(C(=O)COCC(=O)N2C[C@@H](C(=O)NCCc3ccc(F)cc3)[C@H](C(=O)NCCc3ccc(F)cc3)C2)C[C@H]1C(=O)NCCc1ccc(F)cc1. The molecular weight excluding hydrogens is 849 g/mol. The van der Waals surface area contributed by atoms with Crippen LogP contribution in [0.2, 0.25) is 0 Å². The summed E-state index contributed by atoms with van der Waals surface area (Å²) in [5.41, 5.74) is 3.17. The van der Waals surface area contributed by atoms with Gasteiger partial charge in [0.15, 0.2) is 0 Å². The van der Waals surface area contributed by atoms with Gasteiger partial charge in [-0.1, -0.05) is 48.5 Å². The number of nitrogens with zero attached hydrogens (tertiary/aromatic N) is 2. The van der Waals surface area contributed by atoms with Gasteiger partial charge in [0, 0.05) is 52.4 Å². The highest BCUT2D eigenvalue weighted by Gasteiger charge is 2.45. The molecular formula is C48H52F4N6O7. The Bertz CT molecular complexity index is 1960. The maximum atomic E-state index is 13.5. The molecule has 1 unspecified atom stereocenters. The average Bonchev–Trinajstić information content (AvgIpc) is 3.96. The summed E-state index contributed by atoms with van der Waals surface area (Å²) in [6.07, 6.45) is 1.61. The number of hydrogen-bond donors (Lipinski definition) is 4. The maximum Gasteiger partial charge on any atom is 0.248 e. The molecule has 6 amide bonds. The molecule has 2 saturated heterocycles. The van der Waals surface area contributed by atoms with E-state index in [2.05, 4.69) is 21.3 Å². The number of carbonyl (C=O) groups is 6. The number of ether oxygens (including phenoxy) is 1. The van der Waals surface area contributed by atoms with Crippen LogP contribution in [0.4, 0.5) is 17.6 Å². The third-order valence-corrected chi connectivity index (χ3v) is 11.6. The van der Waals surface area contributed by atoms with E-state index in [-0.39, 0.29) is 75.6 Å². The van der Waals surface area contributed by atoms with Gasteiger partial charge in [0.05, 0.1) is 23.7 Å². The number of amides is 6. The van der Waals surface area contributed by atoms with Crippen molar-refractivity contribution in [3.05, 3.63) is 143 Å². The Balaban J connectivity index is 1.02. The van der Waals surface area contributed by atoms with E-state index in [1.807, 2.05) is 0 Å². The van der Waals surface area contributed by atoms with Gasteiger partial charge in [0.1, 0.15) is 36.5 Å². The lowest BCUT2D eigenvalue weighted by molar-refractivity contribution is -0.141. The predicted molar refractivity (Wildman–Crippen MR) is 230 cm³/mol. The lowest BCUT2D eigenvalue weighted by Crippen LogP contribution is -2.42. The Morgan fingerprint density at radius 3 is 0.831 bits per heavy atom. The van der Waals surface area contributed by atoms with Crippen LogP contribution < -0.4 is 21.3 Å². The first-order chi connectivity index (χ1) is 31.3. The summed E-state index contributed by atoms with van der Waals surface area (Å²) in [5.74, 6) is -8.14. The van der Waals surface area contributed by atoms with Gasteiger partial charge in [-0.25, -0.2) is 17.6 Å². The van der Waals surface area contributed by atoms with Crippen LogP contribution in [0.15, 0.2) is 97.1 Å². The van der Waals surface area contributed by atoms with E-state index in [1.165, 1.54) is 58.3 Å². The quantitative estimate of drug-likeness (QED) is 0.0991. The minimum atomic E-state index is -0.915. The van der Waals surface area contributed by atoms with Crippen molar-refractivity contribution in [1.29, 1.82) is 0 Å². The predicted octanol–water partition coefficient (Wildman–Crippen LogP) is 3.14. The number of rotatable bonds is 20. The highest BCUT2D eigenvalue weighted by Crippen LogP contribution is 2.26. The van der Waals surface area contributed by atoms with Crippen LogP contribution in [0, 0.1) is 46.9 Å². The average molecular weight is 901 g/mol. The third-order valence-electron chi connectivity index (χ3n) is 11.6. The summed E-state index contributed by atoms with van der Waals surface area (Å²) >= 11 is 0. The molecule has 4 atom stereocenters. The summed E-state index contributed by atoms with van der Waals surface area (Å²) in [7, 11) is 0. The van der Waals surface area contributed by atoms with E-state index in [0.29, 0.717) is 25.7 Å². The normalized spacial score (nSPS) is 18.0. The van der Waals surface area contributed by atoms with Crippen LogP contribution in [0.25, 0.3) is 0 Å². The molecule has 0 aromatic heterocycles. The van der Waals surface area contributed by atoms with Crippen molar-refractivity contribution < 1.29 is 51.1 Å². The van der Waals surface area contributed by atoms with Crippen molar-refractivity contribution in [2.75, 3.05) is 65.6 Å². The molecule has 17 heteroatoms. The molecule has 13 nitrogen and oxygen atoms in total. The smallest absolute Gasteiger partial charge is 0.248 e. The topological polar surface area (TPSA) is 166 Å². The van der Waals surface area contributed by atoms with Gasteiger partial charge < -0.3 is 35.8 Å². The van der Waals surface area contributed by atoms with Crippen LogP contribution in [-0.4, -0.2) is 111 Å². The fraction of sp³-hybridized carbons (Fsp3) is 0.375. The zero-order chi connectivity index (χ0) is 46.3. The van der Waals surface area contributed by atoms with E-state index < -0.39 is 72.3 Å². The number of benzene rings is 4. The summed E-state index contributed by atoms with van der Waals surface area (Å²) in [6, 6.07) is 23.4. The molecule has 0 saturated carbocycles. The Kier molecular flexibility index (Phi) is 17.2. The van der Waals surface area contributed by atoms with Crippen molar-refractivity contribution >= 4 is 35.4 Å². The number of hydrogen-bond acceptors (Lipinski definition) is 7. The van der Waals surface area contributed by atoms with E-state index in [4.69, 9.17) is 4.74 Å². The molecule has 2 aliphatic rings. The zero-order valence-electron chi connectivity index (χ0n) is 35.7. The number of likely N-dealkylation sites (tertiary alicyclic amines) is 2. The highest BCUT2D eigenvalue weighted by molar-refractivity contribution is 5.92. The minimum Gasteiger partial charge on any atom is -0.362 e. The largest absolute Gasteiger partial charge is 0.362 e. The third kappa shape index (κ3) is 14.2. The molecule has 6 rings (SSSR count). The van der Waals surface area contributed by atoms with Crippen molar-refractivity contribution in [2.24, 2.45) is 23.7 Å². The van der Waals surface area contributed by atoms with Gasteiger partial charge in [0.25, 0.3) is 0 Å². The first-order valence-electron chi connectivity index (χ1n) is 21.5. The monoisotopic (exact) mass is 900 g/mol. The Hall–Kier alpha value is -6.62. The van der Waals surface area contributed by atoms with Gasteiger partial charge >= 0.3 is 0 Å². The van der Waals surface area contributed by atoms with E-state index in [1.54, 1.807) is 48.5 Å². The summed E-state index contributed by atoms with van der Waals surface area (Å²) in [5, 5.41) is 11.3. The Morgan fingerprint density at radius 2 is 0.615 bits per heavy atom. The van der Waals surface area contributed by atoms with Crippen LogP contribution in [0.1, 0.15) is 22.3 Å². The number of nitrogens with one attached hydrogen (secondary N) is 4. The molecule has 0 aliphatic carbocycles. The van der Waals surface area contributed by atoms with E-state index >= 15 is 0 Å². The van der Waals surface area contributed by atoms with Gasteiger partial charge in [-0.3, -0.25) is 28.8 Å². The molecule has 4 aromatic rings. The zero-order valence-corrected chi connectivity index (χ0v) is 35.7. The molecule has 2 fully saturated rings. The highest BCUT2D eigenvalue weighted by atomic mass is 19.1. The van der Waals surface area contributed by atoms with Gasteiger partial charge in [-0.2, -0.15) is 0 Å². The van der Waals surface area contributed by atoms with Crippen molar-refractivity contribution in [1.82, 2.24) is 31.1 Å². The lowest BCUT2D eigenvalue weighted by atomic mass is 9.94. The molecule has 4 aromatic carbocycles. The molecule has 0 radical (unpaired) electrons. The Labute approximate surface area is 374 Å². The molecule has 0 spiro atoms. The maximum absolute atomic E-state index is 13.5. The molecule has 344 valence electrons. The second kappa shape index (κ2) is 23.4. The van der Waals surface area contributed by atoms with Gasteiger partial charge in [0.2, 0.25) is 35.4 Å². The molecule has 0 bridgehead atoms. The summed E-state index contributed by atoms with van der Waals surface area (Å²) in [6.45, 7) is -0.714. The second-order valence-corrected chi connectivity index (χ2v) is 16.2. The lowest BCUT2D eigenvalue weighted by Gasteiger charge is -2.18. The van der Waals surface area contributed by atoms with Crippen LogP contribution in [-0.2, 0) is 59.2 Å². The minimum absolute atomic E-state index is 0.101. The fourth-order valence-electron chi connectivity index (χ4n) is 7.93. The van der Waals surface area contributed by atoms with Crippen LogP contribution in [0.3, 0.4) is 0 Å². The van der Waals surface area contributed by atoms with Crippen molar-refractivity contribution in [3.8, 4) is 0 Å². The molecule has 2 heterocycles. The van der Waals surface area contributed by atoms with Crippen LogP contribution in [0.5, 0.6) is 0 Å². The van der Waals surface area contributed by atoms with Crippen LogP contribution >= 0.6 is 0 Å². The number of halogens is 4. The first-order valence-corrected chi connectivity index (χ1v) is 21.5. The molecule has 2 aliphatic heterocycles. The standard InChI is InChI=1S/C48H52F4N6O7/c49-35-9-1-31(2-10-35)17-21-53-45(61)39-25-57(26-40(39)46(62)54-22-18-32-3-11-36(50)12-4-32)43(59)29-65-30-44(60)58-27-41(47(63)55-23-19-33-5-13-37(51)14-6-33)42(28-58)48(64)56-24-20-34-7-15-38(52)16-8-34/h1-16,39-42H,17-30H2,(H,53,61)(H,54,62)(H,55,63)(H,56,64)/t39-,40-,41-,42?/m1/s1. The number of carbonyl (C=O) groups excluding carboxylic acids is 6. The van der Waals surface area contributed by atoms with Gasteiger partial charge in [-0.15, -0.1) is 0 Å². The molecule has 4 N–H and O–H groups in total. The Morgan fingerprint density at radius 1 is 0.400 bits per heavy atom.